The van der Waals surface area contributed by atoms with E-state index < -0.39 is 0 Å². The molecule has 0 radical (unpaired) electrons. The number of ether oxygens (including phenoxy) is 1. The Kier molecular flexibility index (Phi) is 4.98. The summed E-state index contributed by atoms with van der Waals surface area (Å²) in [5, 5.41) is 7.50. The minimum absolute atomic E-state index is 0.0303. The third-order valence-corrected chi connectivity index (χ3v) is 4.66. The Labute approximate surface area is 156 Å². The van der Waals surface area contributed by atoms with Gasteiger partial charge < -0.3 is 10.1 Å². The molecule has 3 aromatic rings. The van der Waals surface area contributed by atoms with E-state index in [0.29, 0.717) is 31.1 Å². The quantitative estimate of drug-likeness (QED) is 0.680. The Morgan fingerprint density at radius 3 is 2.70 bits per heavy atom. The van der Waals surface area contributed by atoms with Gasteiger partial charge in [-0.15, -0.1) is 0 Å². The summed E-state index contributed by atoms with van der Waals surface area (Å²) < 4.78 is 20.7. The zero-order valence-corrected chi connectivity index (χ0v) is 14.8. The molecule has 4 rings (SSSR count). The zero-order chi connectivity index (χ0) is 18.6. The third-order valence-electron chi connectivity index (χ3n) is 4.66. The third kappa shape index (κ3) is 3.90. The van der Waals surface area contributed by atoms with Crippen LogP contribution in [0.3, 0.4) is 0 Å². The Morgan fingerprint density at radius 2 is 1.93 bits per heavy atom. The van der Waals surface area contributed by atoms with Crippen molar-refractivity contribution in [1.82, 2.24) is 15.1 Å². The number of halogens is 1. The van der Waals surface area contributed by atoms with Crippen LogP contribution in [0, 0.1) is 5.82 Å². The summed E-state index contributed by atoms with van der Waals surface area (Å²) in [5.74, 6) is -0.439. The van der Waals surface area contributed by atoms with Crippen LogP contribution in [0.15, 0.2) is 60.7 Å². The lowest BCUT2D eigenvalue weighted by Gasteiger charge is -2.24. The molecule has 2 aromatic carbocycles. The highest BCUT2D eigenvalue weighted by Gasteiger charge is 2.27. The van der Waals surface area contributed by atoms with Crippen LogP contribution in [0.5, 0.6) is 0 Å². The minimum Gasteiger partial charge on any atom is -0.377 e. The summed E-state index contributed by atoms with van der Waals surface area (Å²) in [6.45, 7) is 1.65. The van der Waals surface area contributed by atoms with Crippen LogP contribution in [0.25, 0.3) is 11.3 Å². The van der Waals surface area contributed by atoms with Crippen molar-refractivity contribution in [1.29, 1.82) is 0 Å². The van der Waals surface area contributed by atoms with Crippen molar-refractivity contribution in [2.45, 2.75) is 19.1 Å². The first-order valence-electron chi connectivity index (χ1n) is 8.96. The van der Waals surface area contributed by atoms with Crippen LogP contribution in [0.2, 0.25) is 0 Å². The van der Waals surface area contributed by atoms with Gasteiger partial charge >= 0.3 is 0 Å². The molecule has 0 saturated heterocycles. The number of nitrogens with one attached hydrogen (secondary N) is 1. The highest BCUT2D eigenvalue weighted by atomic mass is 19.1. The molecule has 1 atom stereocenters. The second-order valence-corrected chi connectivity index (χ2v) is 6.56. The normalized spacial score (nSPS) is 16.0. The predicted octanol–water partition coefficient (Wildman–Crippen LogP) is 3.58. The van der Waals surface area contributed by atoms with Crippen molar-refractivity contribution in [2.75, 3.05) is 13.2 Å². The van der Waals surface area contributed by atoms with Gasteiger partial charge in [0.25, 0.3) is 5.91 Å². The number of hydrogen-bond acceptors (Lipinski definition) is 3. The van der Waals surface area contributed by atoms with Gasteiger partial charge in [0.2, 0.25) is 0 Å². The number of rotatable bonds is 6. The van der Waals surface area contributed by atoms with E-state index in [0.717, 1.165) is 17.5 Å². The van der Waals surface area contributed by atoms with Crippen molar-refractivity contribution in [3.8, 4) is 11.3 Å². The van der Waals surface area contributed by atoms with Gasteiger partial charge in [0.05, 0.1) is 18.3 Å². The molecule has 1 amide bonds. The second kappa shape index (κ2) is 7.72. The highest BCUT2D eigenvalue weighted by Crippen LogP contribution is 2.25. The average Bonchev–Trinajstić information content (AvgIpc) is 3.15. The molecule has 27 heavy (non-hydrogen) atoms. The van der Waals surface area contributed by atoms with Gasteiger partial charge in [0.15, 0.2) is 0 Å². The molecule has 1 aliphatic rings. The first-order chi connectivity index (χ1) is 13.2. The van der Waals surface area contributed by atoms with Crippen LogP contribution >= 0.6 is 0 Å². The number of amides is 1. The number of nitrogens with zero attached hydrogens (tertiary/aromatic N) is 2. The molecule has 2 heterocycles. The maximum atomic E-state index is 13.1. The molecular formula is C21H20FN3O2. The molecule has 1 aliphatic heterocycles. The average molecular weight is 365 g/mol. The number of carbonyl (C=O) groups excluding carboxylic acids is 1. The van der Waals surface area contributed by atoms with Gasteiger partial charge in [0, 0.05) is 18.7 Å². The van der Waals surface area contributed by atoms with E-state index in [-0.39, 0.29) is 17.8 Å². The molecule has 0 aliphatic carbocycles. The van der Waals surface area contributed by atoms with E-state index in [1.54, 1.807) is 22.9 Å². The summed E-state index contributed by atoms with van der Waals surface area (Å²) >= 11 is 0. The monoisotopic (exact) mass is 365 g/mol. The van der Waals surface area contributed by atoms with Crippen LogP contribution in [-0.2, 0) is 11.3 Å². The van der Waals surface area contributed by atoms with Gasteiger partial charge in [-0.25, -0.2) is 4.39 Å². The SMILES string of the molecule is O=C1NC[C@@H](CCOCc2ccccc2)n2nc(-c3ccc(F)cc3)cc21. The lowest BCUT2D eigenvalue weighted by molar-refractivity contribution is 0.0855. The molecule has 0 fully saturated rings. The van der Waals surface area contributed by atoms with E-state index in [9.17, 15) is 9.18 Å². The predicted molar refractivity (Wildman–Crippen MR) is 99.7 cm³/mol. The molecule has 0 unspecified atom stereocenters. The van der Waals surface area contributed by atoms with E-state index >= 15 is 0 Å². The summed E-state index contributed by atoms with van der Waals surface area (Å²) in [6.07, 6.45) is 0.741. The van der Waals surface area contributed by atoms with Crippen molar-refractivity contribution < 1.29 is 13.9 Å². The lowest BCUT2D eigenvalue weighted by atomic mass is 10.1. The zero-order valence-electron chi connectivity index (χ0n) is 14.8. The number of hydrogen-bond donors (Lipinski definition) is 1. The molecule has 6 heteroatoms. The van der Waals surface area contributed by atoms with Crippen LogP contribution in [0.1, 0.15) is 28.5 Å². The molecule has 1 aromatic heterocycles. The number of benzene rings is 2. The number of carbonyl (C=O) groups is 1. The van der Waals surface area contributed by atoms with Gasteiger partial charge in [-0.2, -0.15) is 5.10 Å². The molecule has 0 spiro atoms. The fourth-order valence-corrected chi connectivity index (χ4v) is 3.20. The maximum Gasteiger partial charge on any atom is 0.269 e. The summed E-state index contributed by atoms with van der Waals surface area (Å²) in [5.41, 5.74) is 3.10. The van der Waals surface area contributed by atoms with Crippen molar-refractivity contribution in [3.63, 3.8) is 0 Å². The smallest absolute Gasteiger partial charge is 0.269 e. The summed E-state index contributed by atoms with van der Waals surface area (Å²) in [6, 6.07) is 17.9. The van der Waals surface area contributed by atoms with Gasteiger partial charge in [0.1, 0.15) is 11.5 Å². The topological polar surface area (TPSA) is 56.1 Å². The van der Waals surface area contributed by atoms with Crippen LogP contribution < -0.4 is 5.32 Å². The van der Waals surface area contributed by atoms with Gasteiger partial charge in [-0.1, -0.05) is 30.3 Å². The standard InChI is InChI=1S/C21H20FN3O2/c22-17-8-6-16(7-9-17)19-12-20-21(26)23-13-18(25(20)24-19)10-11-27-14-15-4-2-1-3-5-15/h1-9,12,18H,10-11,13-14H2,(H,23,26)/t18-/m1/s1. The summed E-state index contributed by atoms with van der Waals surface area (Å²) in [4.78, 5) is 12.2. The number of aromatic nitrogens is 2. The Balaban J connectivity index is 1.44. The molecule has 5 nitrogen and oxygen atoms in total. The first-order valence-corrected chi connectivity index (χ1v) is 8.96. The largest absolute Gasteiger partial charge is 0.377 e. The van der Waals surface area contributed by atoms with E-state index in [1.807, 2.05) is 30.3 Å². The first kappa shape index (κ1) is 17.4. The van der Waals surface area contributed by atoms with E-state index in [1.165, 1.54) is 12.1 Å². The fraction of sp³-hybridized carbons (Fsp3) is 0.238. The molecule has 0 bridgehead atoms. The Bertz CT molecular complexity index is 922. The van der Waals surface area contributed by atoms with Crippen LogP contribution in [-0.4, -0.2) is 28.8 Å². The number of fused-ring (bicyclic) bond motifs is 1. The van der Waals surface area contributed by atoms with Gasteiger partial charge in [-0.05, 0) is 42.3 Å². The molecule has 0 saturated carbocycles. The van der Waals surface area contributed by atoms with Crippen molar-refractivity contribution >= 4 is 5.91 Å². The van der Waals surface area contributed by atoms with Crippen molar-refractivity contribution in [3.05, 3.63) is 77.7 Å². The van der Waals surface area contributed by atoms with Crippen molar-refractivity contribution in [2.24, 2.45) is 0 Å². The van der Waals surface area contributed by atoms with Gasteiger partial charge in [-0.3, -0.25) is 9.48 Å². The maximum absolute atomic E-state index is 13.1. The Morgan fingerprint density at radius 1 is 1.15 bits per heavy atom. The lowest BCUT2D eigenvalue weighted by Crippen LogP contribution is -2.39. The molecule has 138 valence electrons. The minimum atomic E-state index is -0.297. The van der Waals surface area contributed by atoms with E-state index in [2.05, 4.69) is 10.4 Å². The molecule has 1 N–H and O–H groups in total. The fourth-order valence-electron chi connectivity index (χ4n) is 3.20. The molecular weight excluding hydrogens is 345 g/mol. The summed E-state index contributed by atoms with van der Waals surface area (Å²) in [7, 11) is 0. The Hall–Kier alpha value is -2.99. The van der Waals surface area contributed by atoms with E-state index in [4.69, 9.17) is 4.74 Å². The van der Waals surface area contributed by atoms with Crippen LogP contribution in [0.4, 0.5) is 4.39 Å². The second-order valence-electron chi connectivity index (χ2n) is 6.56. The highest BCUT2D eigenvalue weighted by molar-refractivity contribution is 5.94.